The van der Waals surface area contributed by atoms with Crippen LogP contribution in [0.5, 0.6) is 0 Å². The predicted octanol–water partition coefficient (Wildman–Crippen LogP) is 4.05. The molecule has 2 aliphatic rings. The number of halogens is 1. The normalized spacial score (nSPS) is 23.7. The Kier molecular flexibility index (Phi) is 6.89. The number of anilines is 1. The molecule has 168 valence electrons. The van der Waals surface area contributed by atoms with Gasteiger partial charge in [0.25, 0.3) is 0 Å². The van der Waals surface area contributed by atoms with Crippen LogP contribution < -0.4 is 5.73 Å². The van der Waals surface area contributed by atoms with E-state index in [1.165, 1.54) is 19.3 Å². The molecule has 31 heavy (non-hydrogen) atoms. The van der Waals surface area contributed by atoms with Gasteiger partial charge in [0, 0.05) is 24.8 Å². The molecule has 2 atom stereocenters. The summed E-state index contributed by atoms with van der Waals surface area (Å²) in [5.74, 6) is 2.11. The van der Waals surface area contributed by atoms with Gasteiger partial charge in [-0.1, -0.05) is 0 Å². The van der Waals surface area contributed by atoms with E-state index in [4.69, 9.17) is 17.3 Å². The van der Waals surface area contributed by atoms with Crippen molar-refractivity contribution in [1.29, 1.82) is 0 Å². The zero-order valence-electron chi connectivity index (χ0n) is 18.5. The van der Waals surface area contributed by atoms with Crippen molar-refractivity contribution in [3.05, 3.63) is 17.0 Å². The van der Waals surface area contributed by atoms with Crippen molar-refractivity contribution in [1.82, 2.24) is 19.4 Å². The zero-order valence-corrected chi connectivity index (χ0v) is 20.0. The highest BCUT2D eigenvalue weighted by atomic mass is 35.5. The number of nitrogens with zero attached hydrogens (tertiary/aromatic N) is 5. The van der Waals surface area contributed by atoms with E-state index < -0.39 is 0 Å². The number of carbonyl (C=O) groups is 1. The Labute approximate surface area is 192 Å². The van der Waals surface area contributed by atoms with E-state index in [0.717, 1.165) is 53.5 Å². The number of thioether (sulfide) groups is 1. The van der Waals surface area contributed by atoms with E-state index >= 15 is 0 Å². The number of nitrogens with two attached hydrogens (primary N) is 1. The lowest BCUT2D eigenvalue weighted by atomic mass is 9.83. The van der Waals surface area contributed by atoms with Gasteiger partial charge in [-0.25, -0.2) is 4.98 Å². The van der Waals surface area contributed by atoms with Crippen LogP contribution in [0.1, 0.15) is 50.6 Å². The number of hydrogen-bond donors (Lipinski definition) is 1. The topological polar surface area (TPSA) is 89.4 Å². The summed E-state index contributed by atoms with van der Waals surface area (Å²) in [6.45, 7) is 4.34. The third-order valence-corrected chi connectivity index (χ3v) is 7.84. The Balaban J connectivity index is 1.56. The van der Waals surface area contributed by atoms with Gasteiger partial charge in [0.15, 0.2) is 0 Å². The van der Waals surface area contributed by atoms with Gasteiger partial charge in [-0.15, -0.1) is 11.8 Å². The minimum absolute atomic E-state index is 0.183. The molecule has 1 saturated heterocycles. The van der Waals surface area contributed by atoms with Crippen LogP contribution >= 0.6 is 23.4 Å². The monoisotopic (exact) mass is 462 g/mol. The quantitative estimate of drug-likeness (QED) is 0.409. The molecule has 1 aliphatic carbocycles. The number of Topliss-reactive ketones (excluding diaryl/α,β-unsaturated/α-hetero) is 1. The van der Waals surface area contributed by atoms with E-state index in [-0.39, 0.29) is 11.1 Å². The minimum atomic E-state index is 0.183. The second-order valence-corrected chi connectivity index (χ2v) is 9.93. The molecule has 1 saturated carbocycles. The van der Waals surface area contributed by atoms with Gasteiger partial charge in [0.2, 0.25) is 5.28 Å². The molecule has 0 aromatic carbocycles. The molecule has 2 aromatic rings. The first-order valence-corrected chi connectivity index (χ1v) is 12.6. The summed E-state index contributed by atoms with van der Waals surface area (Å²) >= 11 is 7.78. The van der Waals surface area contributed by atoms with Gasteiger partial charge >= 0.3 is 0 Å². The van der Waals surface area contributed by atoms with Crippen molar-refractivity contribution in [2.45, 2.75) is 45.1 Å². The number of rotatable bonds is 5. The van der Waals surface area contributed by atoms with Crippen molar-refractivity contribution in [2.24, 2.45) is 16.8 Å². The molecule has 1 aliphatic heterocycles. The highest BCUT2D eigenvalue weighted by Crippen LogP contribution is 2.44. The van der Waals surface area contributed by atoms with Crippen molar-refractivity contribution in [2.75, 3.05) is 38.7 Å². The van der Waals surface area contributed by atoms with Crippen molar-refractivity contribution in [3.8, 4) is 0 Å². The maximum Gasteiger partial charge on any atom is 0.226 e. The molecule has 4 rings (SSSR count). The minimum Gasteiger partial charge on any atom is -0.383 e. The summed E-state index contributed by atoms with van der Waals surface area (Å²) in [5, 5.41) is 1.96. The number of ketones is 1. The Bertz CT molecular complexity index is 998. The molecular formula is C22H31ClN6OS. The SMILES string of the molecule is C/N=C(\SC)c1cn(C2CCC(C3CCN(CC(C)=O)CC3)C2)c2nc(Cl)nc(N)c12. The van der Waals surface area contributed by atoms with Crippen molar-refractivity contribution >= 4 is 51.0 Å². The number of likely N-dealkylation sites (tertiary alicyclic amines) is 1. The van der Waals surface area contributed by atoms with Gasteiger partial charge in [-0.05, 0) is 81.8 Å². The average molecular weight is 463 g/mol. The van der Waals surface area contributed by atoms with Crippen molar-refractivity contribution < 1.29 is 4.79 Å². The number of piperidine rings is 1. The number of fused-ring (bicyclic) bond motifs is 1. The van der Waals surface area contributed by atoms with E-state index in [1.54, 1.807) is 25.7 Å². The van der Waals surface area contributed by atoms with Crippen molar-refractivity contribution in [3.63, 3.8) is 0 Å². The smallest absolute Gasteiger partial charge is 0.226 e. The molecule has 0 spiro atoms. The largest absolute Gasteiger partial charge is 0.383 e. The lowest BCUT2D eigenvalue weighted by Gasteiger charge is -2.34. The predicted molar refractivity (Wildman–Crippen MR) is 129 cm³/mol. The van der Waals surface area contributed by atoms with Gasteiger partial charge < -0.3 is 10.3 Å². The Hall–Kier alpha value is -1.64. The maximum atomic E-state index is 11.4. The second-order valence-electron chi connectivity index (χ2n) is 8.80. The first-order chi connectivity index (χ1) is 14.9. The zero-order chi connectivity index (χ0) is 22.1. The molecule has 0 radical (unpaired) electrons. The number of aromatic nitrogens is 3. The summed E-state index contributed by atoms with van der Waals surface area (Å²) in [5.41, 5.74) is 8.06. The van der Waals surface area contributed by atoms with Gasteiger partial charge in [-0.2, -0.15) is 4.98 Å². The molecule has 2 fully saturated rings. The third-order valence-electron chi connectivity index (χ3n) is 6.88. The molecule has 0 amide bonds. The van der Waals surface area contributed by atoms with E-state index in [0.29, 0.717) is 24.3 Å². The lowest BCUT2D eigenvalue weighted by Crippen LogP contribution is -2.38. The summed E-state index contributed by atoms with van der Waals surface area (Å²) in [7, 11) is 1.80. The molecular weight excluding hydrogens is 432 g/mol. The molecule has 3 heterocycles. The summed E-state index contributed by atoms with van der Waals surface area (Å²) < 4.78 is 2.26. The van der Waals surface area contributed by atoms with Crippen LogP contribution in [0.3, 0.4) is 0 Å². The summed E-state index contributed by atoms with van der Waals surface area (Å²) in [4.78, 5) is 26.9. The fraction of sp³-hybridized carbons (Fsp3) is 0.636. The average Bonchev–Trinajstić information content (AvgIpc) is 3.34. The van der Waals surface area contributed by atoms with Crippen LogP contribution in [-0.4, -0.2) is 63.2 Å². The number of nitrogen functional groups attached to an aromatic ring is 1. The molecule has 2 aromatic heterocycles. The molecule has 2 N–H and O–H groups in total. The van der Waals surface area contributed by atoms with Crippen LogP contribution in [0.4, 0.5) is 5.82 Å². The number of aliphatic imine (C=N–C) groups is 1. The first kappa shape index (κ1) is 22.6. The van der Waals surface area contributed by atoms with Gasteiger partial charge in [0.05, 0.1) is 17.0 Å². The summed E-state index contributed by atoms with van der Waals surface area (Å²) in [6, 6.07) is 0.377. The molecule has 9 heteroatoms. The highest BCUT2D eigenvalue weighted by molar-refractivity contribution is 8.13. The van der Waals surface area contributed by atoms with Crippen LogP contribution in [0.25, 0.3) is 11.0 Å². The third kappa shape index (κ3) is 4.61. The number of hydrogen-bond acceptors (Lipinski definition) is 7. The maximum absolute atomic E-state index is 11.4. The van der Waals surface area contributed by atoms with E-state index in [2.05, 4.69) is 30.6 Å². The van der Waals surface area contributed by atoms with Gasteiger partial charge in [-0.3, -0.25) is 14.7 Å². The van der Waals surface area contributed by atoms with Gasteiger partial charge in [0.1, 0.15) is 17.2 Å². The molecule has 0 bridgehead atoms. The Morgan fingerprint density at radius 3 is 2.65 bits per heavy atom. The van der Waals surface area contributed by atoms with Crippen LogP contribution in [0, 0.1) is 11.8 Å². The fourth-order valence-electron chi connectivity index (χ4n) is 5.48. The Morgan fingerprint density at radius 1 is 1.26 bits per heavy atom. The van der Waals surface area contributed by atoms with Crippen LogP contribution in [0.15, 0.2) is 11.2 Å². The molecule has 2 unspecified atom stereocenters. The van der Waals surface area contributed by atoms with Crippen LogP contribution in [-0.2, 0) is 4.79 Å². The van der Waals surface area contributed by atoms with E-state index in [1.807, 2.05) is 6.26 Å². The molecule has 7 nitrogen and oxygen atoms in total. The Morgan fingerprint density at radius 2 is 2.00 bits per heavy atom. The van der Waals surface area contributed by atoms with E-state index in [9.17, 15) is 4.79 Å². The fourth-order valence-corrected chi connectivity index (χ4v) is 6.21. The van der Waals surface area contributed by atoms with Crippen LogP contribution in [0.2, 0.25) is 5.28 Å². The summed E-state index contributed by atoms with van der Waals surface area (Å²) in [6.07, 6.45) is 10.0. The standard InChI is InChI=1S/C22H31ClN6OS/c1-13(30)11-28-8-6-14(7-9-28)15-4-5-16(10-15)29-12-17(21(25-2)31-3)18-19(24)26-22(23)27-20(18)29/h12,14-16H,4-11H2,1-3H3,(H2,24,26,27)/b25-21-. The lowest BCUT2D eigenvalue weighted by molar-refractivity contribution is -0.118. The number of carbonyl (C=O) groups excluding carboxylic acids is 1. The second kappa shape index (κ2) is 9.46. The first-order valence-electron chi connectivity index (χ1n) is 11.0. The highest BCUT2D eigenvalue weighted by Gasteiger charge is 2.35.